The Morgan fingerprint density at radius 2 is 1.83 bits per heavy atom. The minimum Gasteiger partial charge on any atom is -0.361 e. The molecule has 3 aliphatic rings. The normalized spacial score (nSPS) is 20.2. The maximum absolute atomic E-state index is 13.5. The summed E-state index contributed by atoms with van der Waals surface area (Å²) in [5.74, 6) is -1.17. The third kappa shape index (κ3) is 3.53. The van der Waals surface area contributed by atoms with Crippen molar-refractivity contribution in [2.45, 2.75) is 31.8 Å². The number of imide groups is 1. The summed E-state index contributed by atoms with van der Waals surface area (Å²) >= 11 is 0. The van der Waals surface area contributed by atoms with E-state index >= 15 is 0 Å². The molecule has 0 spiro atoms. The fraction of sp³-hybridized carbons (Fsp3) is 0.259. The van der Waals surface area contributed by atoms with Crippen molar-refractivity contribution in [3.63, 3.8) is 0 Å². The van der Waals surface area contributed by atoms with Gasteiger partial charge in [0, 0.05) is 59.8 Å². The van der Waals surface area contributed by atoms with Crippen molar-refractivity contribution in [1.82, 2.24) is 20.1 Å². The first-order chi connectivity index (χ1) is 17.0. The lowest BCUT2D eigenvalue weighted by Crippen LogP contribution is -2.52. The summed E-state index contributed by atoms with van der Waals surface area (Å²) in [6.45, 7) is 1.26. The predicted octanol–water partition coefficient (Wildman–Crippen LogP) is 2.86. The minimum absolute atomic E-state index is 0.117. The Kier molecular flexibility index (Phi) is 5.02. The molecule has 0 aliphatic carbocycles. The van der Waals surface area contributed by atoms with E-state index in [4.69, 9.17) is 0 Å². The van der Waals surface area contributed by atoms with Crippen LogP contribution in [0.2, 0.25) is 0 Å². The molecule has 35 heavy (non-hydrogen) atoms. The number of hydrogen-bond donors (Lipinski definition) is 2. The lowest BCUT2D eigenvalue weighted by molar-refractivity contribution is -0.136. The number of fused-ring (bicyclic) bond motifs is 2. The molecule has 8 heteroatoms. The van der Waals surface area contributed by atoms with Gasteiger partial charge in [-0.15, -0.1) is 0 Å². The SMILES string of the molecule is O=C1CCC(N2Cc3c(C(=O)N4CC=C(c5c[nH]c6ccccc56)CC4)cccc3C2=O)C(=O)N1. The van der Waals surface area contributed by atoms with E-state index in [1.54, 1.807) is 23.1 Å². The van der Waals surface area contributed by atoms with Gasteiger partial charge in [-0.3, -0.25) is 24.5 Å². The Labute approximate surface area is 201 Å². The highest BCUT2D eigenvalue weighted by Gasteiger charge is 2.40. The maximum Gasteiger partial charge on any atom is 0.255 e. The number of para-hydroxylation sites is 1. The number of carbonyl (C=O) groups is 4. The van der Waals surface area contributed by atoms with Crippen molar-refractivity contribution in [2.24, 2.45) is 0 Å². The summed E-state index contributed by atoms with van der Waals surface area (Å²) in [6, 6.07) is 12.6. The average molecular weight is 469 g/mol. The Morgan fingerprint density at radius 1 is 0.971 bits per heavy atom. The van der Waals surface area contributed by atoms with Gasteiger partial charge in [0.15, 0.2) is 0 Å². The van der Waals surface area contributed by atoms with Gasteiger partial charge in [0.2, 0.25) is 11.8 Å². The first kappa shape index (κ1) is 21.3. The van der Waals surface area contributed by atoms with Gasteiger partial charge in [0.05, 0.1) is 0 Å². The summed E-state index contributed by atoms with van der Waals surface area (Å²) < 4.78 is 0. The zero-order valence-electron chi connectivity index (χ0n) is 19.0. The Morgan fingerprint density at radius 3 is 2.63 bits per heavy atom. The first-order valence-electron chi connectivity index (χ1n) is 11.8. The molecular formula is C27H24N4O4. The highest BCUT2D eigenvalue weighted by molar-refractivity contribution is 6.08. The number of rotatable bonds is 3. The molecule has 0 bridgehead atoms. The van der Waals surface area contributed by atoms with Crippen LogP contribution >= 0.6 is 0 Å². The van der Waals surface area contributed by atoms with Gasteiger partial charge in [0.25, 0.3) is 11.8 Å². The molecule has 3 aromatic rings. The van der Waals surface area contributed by atoms with E-state index in [0.717, 1.165) is 11.9 Å². The largest absolute Gasteiger partial charge is 0.361 e. The van der Waals surface area contributed by atoms with Crippen LogP contribution in [0, 0.1) is 0 Å². The summed E-state index contributed by atoms with van der Waals surface area (Å²) in [5, 5.41) is 3.49. The molecule has 4 amide bonds. The van der Waals surface area contributed by atoms with Crippen molar-refractivity contribution in [3.05, 3.63) is 77.0 Å². The highest BCUT2D eigenvalue weighted by atomic mass is 16.2. The molecule has 1 unspecified atom stereocenters. The van der Waals surface area contributed by atoms with Crippen LogP contribution in [0.15, 0.2) is 54.7 Å². The second kappa shape index (κ2) is 8.23. The molecule has 0 radical (unpaired) electrons. The standard InChI is InChI=1S/C27H24N4O4/c32-24-9-8-23(25(33)29-24)31-15-21-18(5-3-6-19(21)27(31)35)26(34)30-12-10-16(11-13-30)20-14-28-22-7-2-1-4-17(20)22/h1-7,10,14,23,28H,8-9,11-13,15H2,(H,29,32,33). The average Bonchev–Trinajstić information content (AvgIpc) is 3.45. The van der Waals surface area contributed by atoms with Crippen molar-refractivity contribution in [2.75, 3.05) is 13.1 Å². The molecule has 6 rings (SSSR count). The summed E-state index contributed by atoms with van der Waals surface area (Å²) in [6.07, 6.45) is 5.35. The third-order valence-corrected chi connectivity index (χ3v) is 7.24. The molecular weight excluding hydrogens is 444 g/mol. The van der Waals surface area contributed by atoms with Crippen LogP contribution in [0.3, 0.4) is 0 Å². The zero-order valence-corrected chi connectivity index (χ0v) is 19.0. The van der Waals surface area contributed by atoms with Gasteiger partial charge in [-0.1, -0.05) is 30.3 Å². The first-order valence-corrected chi connectivity index (χ1v) is 11.8. The third-order valence-electron chi connectivity index (χ3n) is 7.24. The number of nitrogens with zero attached hydrogens (tertiary/aromatic N) is 2. The van der Waals surface area contributed by atoms with Crippen LogP contribution in [0.5, 0.6) is 0 Å². The molecule has 1 atom stereocenters. The molecule has 176 valence electrons. The van der Waals surface area contributed by atoms with Crippen molar-refractivity contribution in [3.8, 4) is 0 Å². The van der Waals surface area contributed by atoms with E-state index in [-0.39, 0.29) is 30.7 Å². The predicted molar refractivity (Wildman–Crippen MR) is 129 cm³/mol. The number of piperidine rings is 1. The second-order valence-corrected chi connectivity index (χ2v) is 9.21. The number of carbonyl (C=O) groups excluding carboxylic acids is 4. The van der Waals surface area contributed by atoms with Crippen LogP contribution in [-0.2, 0) is 16.1 Å². The monoisotopic (exact) mass is 468 g/mol. The molecule has 3 aliphatic heterocycles. The van der Waals surface area contributed by atoms with Gasteiger partial charge in [0.1, 0.15) is 6.04 Å². The van der Waals surface area contributed by atoms with Crippen molar-refractivity contribution in [1.29, 1.82) is 0 Å². The molecule has 0 saturated carbocycles. The summed E-state index contributed by atoms with van der Waals surface area (Å²) in [7, 11) is 0. The lowest BCUT2D eigenvalue weighted by Gasteiger charge is -2.29. The topological polar surface area (TPSA) is 103 Å². The Balaban J connectivity index is 1.23. The highest BCUT2D eigenvalue weighted by Crippen LogP contribution is 2.32. The molecule has 2 N–H and O–H groups in total. The van der Waals surface area contributed by atoms with E-state index in [1.165, 1.54) is 21.4 Å². The van der Waals surface area contributed by atoms with Gasteiger partial charge in [-0.05, 0) is 42.2 Å². The smallest absolute Gasteiger partial charge is 0.255 e. The number of hydrogen-bond acceptors (Lipinski definition) is 4. The quantitative estimate of drug-likeness (QED) is 0.577. The van der Waals surface area contributed by atoms with Crippen LogP contribution < -0.4 is 5.32 Å². The molecule has 4 heterocycles. The van der Waals surface area contributed by atoms with E-state index in [9.17, 15) is 19.2 Å². The van der Waals surface area contributed by atoms with Crippen LogP contribution in [-0.4, -0.2) is 57.5 Å². The number of H-pyrrole nitrogens is 1. The van der Waals surface area contributed by atoms with E-state index < -0.39 is 11.9 Å². The van der Waals surface area contributed by atoms with Crippen LogP contribution in [0.25, 0.3) is 16.5 Å². The van der Waals surface area contributed by atoms with Gasteiger partial charge in [-0.25, -0.2) is 0 Å². The molecule has 1 aromatic heterocycles. The van der Waals surface area contributed by atoms with E-state index in [2.05, 4.69) is 22.4 Å². The number of amides is 4. The number of aromatic nitrogens is 1. The fourth-order valence-corrected chi connectivity index (χ4v) is 5.39. The van der Waals surface area contributed by atoms with E-state index in [0.29, 0.717) is 36.2 Å². The summed E-state index contributed by atoms with van der Waals surface area (Å²) in [4.78, 5) is 57.0. The van der Waals surface area contributed by atoms with Gasteiger partial charge >= 0.3 is 0 Å². The number of benzene rings is 2. The number of nitrogens with one attached hydrogen (secondary N) is 2. The molecule has 2 aromatic carbocycles. The number of aromatic amines is 1. The minimum atomic E-state index is -0.702. The summed E-state index contributed by atoms with van der Waals surface area (Å²) in [5.41, 5.74) is 5.07. The van der Waals surface area contributed by atoms with Crippen molar-refractivity contribution >= 4 is 40.1 Å². The Bertz CT molecular complexity index is 1440. The molecule has 1 saturated heterocycles. The van der Waals surface area contributed by atoms with E-state index in [1.807, 2.05) is 24.4 Å². The van der Waals surface area contributed by atoms with Crippen LogP contribution in [0.1, 0.15) is 51.1 Å². The second-order valence-electron chi connectivity index (χ2n) is 9.21. The lowest BCUT2D eigenvalue weighted by atomic mass is 9.97. The fourth-order valence-electron chi connectivity index (χ4n) is 5.39. The zero-order chi connectivity index (χ0) is 24.1. The van der Waals surface area contributed by atoms with Gasteiger partial charge in [-0.2, -0.15) is 0 Å². The van der Waals surface area contributed by atoms with Gasteiger partial charge < -0.3 is 14.8 Å². The maximum atomic E-state index is 13.5. The molecule has 1 fully saturated rings. The van der Waals surface area contributed by atoms with Crippen molar-refractivity contribution < 1.29 is 19.2 Å². The van der Waals surface area contributed by atoms with Crippen LogP contribution in [0.4, 0.5) is 0 Å². The Hall–Kier alpha value is -4.20. The molecule has 8 nitrogen and oxygen atoms in total.